The van der Waals surface area contributed by atoms with Gasteiger partial charge in [-0.1, -0.05) is 6.92 Å². The average molecular weight is 296 g/mol. The van der Waals surface area contributed by atoms with Crippen LogP contribution < -0.4 is 10.0 Å². The predicted molar refractivity (Wildman–Crippen MR) is 73.4 cm³/mol. The molecule has 0 radical (unpaired) electrons. The Morgan fingerprint density at radius 1 is 1.25 bits per heavy atom. The summed E-state index contributed by atoms with van der Waals surface area (Å²) in [6.07, 6.45) is 6.54. The third kappa shape index (κ3) is 3.75. The zero-order chi connectivity index (χ0) is 14.4. The monoisotopic (exact) mass is 296 g/mol. The fourth-order valence-electron chi connectivity index (χ4n) is 1.42. The van der Waals surface area contributed by atoms with Crippen LogP contribution in [0.25, 0.3) is 0 Å². The summed E-state index contributed by atoms with van der Waals surface area (Å²) in [7, 11) is -3.62. The van der Waals surface area contributed by atoms with E-state index in [-0.39, 0.29) is 11.4 Å². The van der Waals surface area contributed by atoms with Gasteiger partial charge in [-0.3, -0.25) is 0 Å². The lowest BCUT2D eigenvalue weighted by Gasteiger charge is -2.06. The second-order valence-corrected chi connectivity index (χ2v) is 5.84. The van der Waals surface area contributed by atoms with Crippen LogP contribution in [0.1, 0.15) is 19.0 Å². The van der Waals surface area contributed by atoms with Gasteiger partial charge in [-0.2, -0.15) is 0 Å². The molecule has 9 heteroatoms. The molecule has 2 rings (SSSR count). The van der Waals surface area contributed by atoms with E-state index in [0.29, 0.717) is 11.6 Å². The maximum Gasteiger partial charge on any atom is 0.243 e. The van der Waals surface area contributed by atoms with Gasteiger partial charge in [-0.25, -0.2) is 28.1 Å². The molecule has 0 aromatic carbocycles. The average Bonchev–Trinajstić information content (AvgIpc) is 2.97. The fourth-order valence-corrected chi connectivity index (χ4v) is 2.32. The quantitative estimate of drug-likeness (QED) is 0.686. The second kappa shape index (κ2) is 6.44. The van der Waals surface area contributed by atoms with Crippen molar-refractivity contribution in [2.45, 2.75) is 24.8 Å². The van der Waals surface area contributed by atoms with Crippen LogP contribution in [0.4, 0.5) is 5.95 Å². The molecule has 8 nitrogen and oxygen atoms in total. The van der Waals surface area contributed by atoms with Crippen molar-refractivity contribution in [2.75, 3.05) is 11.9 Å². The van der Waals surface area contributed by atoms with Gasteiger partial charge in [0.15, 0.2) is 0 Å². The summed E-state index contributed by atoms with van der Waals surface area (Å²) in [4.78, 5) is 14.6. The highest BCUT2D eigenvalue weighted by atomic mass is 32.2. The van der Waals surface area contributed by atoms with E-state index < -0.39 is 10.0 Å². The zero-order valence-corrected chi connectivity index (χ0v) is 11.8. The molecule has 0 aliphatic carbocycles. The SMILES string of the molecule is CCCNc1ncc(S(=O)(=O)NCc2cnc[nH]2)cn1. The predicted octanol–water partition coefficient (Wildman–Crippen LogP) is 0.500. The molecular weight excluding hydrogens is 280 g/mol. The number of anilines is 1. The van der Waals surface area contributed by atoms with Crippen molar-refractivity contribution >= 4 is 16.0 Å². The summed E-state index contributed by atoms with van der Waals surface area (Å²) < 4.78 is 26.5. The lowest BCUT2D eigenvalue weighted by atomic mass is 10.5. The van der Waals surface area contributed by atoms with Crippen LogP contribution in [0.5, 0.6) is 0 Å². The zero-order valence-electron chi connectivity index (χ0n) is 11.0. The van der Waals surface area contributed by atoms with Crippen molar-refractivity contribution in [3.63, 3.8) is 0 Å². The van der Waals surface area contributed by atoms with Gasteiger partial charge in [0.1, 0.15) is 4.90 Å². The summed E-state index contributed by atoms with van der Waals surface area (Å²) in [6, 6.07) is 0. The van der Waals surface area contributed by atoms with Crippen LogP contribution in [0.2, 0.25) is 0 Å². The fraction of sp³-hybridized carbons (Fsp3) is 0.364. The van der Waals surface area contributed by atoms with Gasteiger partial charge in [0.2, 0.25) is 16.0 Å². The van der Waals surface area contributed by atoms with Gasteiger partial charge in [0.05, 0.1) is 25.3 Å². The number of hydrogen-bond acceptors (Lipinski definition) is 6. The van der Waals surface area contributed by atoms with Crippen molar-refractivity contribution in [2.24, 2.45) is 0 Å². The van der Waals surface area contributed by atoms with E-state index in [1.165, 1.54) is 18.7 Å². The molecular formula is C11H16N6O2S. The number of imidazole rings is 1. The Labute approximate surface area is 117 Å². The molecule has 0 unspecified atom stereocenters. The summed E-state index contributed by atoms with van der Waals surface area (Å²) >= 11 is 0. The summed E-state index contributed by atoms with van der Waals surface area (Å²) in [5.41, 5.74) is 0.677. The van der Waals surface area contributed by atoms with Gasteiger partial charge in [0, 0.05) is 18.4 Å². The molecule has 0 aliphatic rings. The minimum atomic E-state index is -3.62. The second-order valence-electron chi connectivity index (χ2n) is 4.07. The molecule has 20 heavy (non-hydrogen) atoms. The molecule has 0 fully saturated rings. The van der Waals surface area contributed by atoms with E-state index in [9.17, 15) is 8.42 Å². The Morgan fingerprint density at radius 2 is 2.00 bits per heavy atom. The number of aromatic amines is 1. The number of hydrogen-bond donors (Lipinski definition) is 3. The maximum atomic E-state index is 12.0. The van der Waals surface area contributed by atoms with E-state index >= 15 is 0 Å². The minimum absolute atomic E-state index is 0.0269. The standard InChI is InChI=1S/C11H16N6O2S/c1-2-3-13-11-14-6-10(7-15-11)20(18,19)17-5-9-4-12-8-16-9/h4,6-8,17H,2-3,5H2,1H3,(H,12,16)(H,13,14,15). The number of H-pyrrole nitrogens is 1. The van der Waals surface area contributed by atoms with Gasteiger partial charge in [-0.15, -0.1) is 0 Å². The topological polar surface area (TPSA) is 113 Å². The Morgan fingerprint density at radius 3 is 2.60 bits per heavy atom. The Balaban J connectivity index is 2.01. The molecule has 0 saturated carbocycles. The number of nitrogens with zero attached hydrogens (tertiary/aromatic N) is 3. The van der Waals surface area contributed by atoms with Gasteiger partial charge >= 0.3 is 0 Å². The van der Waals surface area contributed by atoms with E-state index in [4.69, 9.17) is 0 Å². The van der Waals surface area contributed by atoms with Gasteiger partial charge in [0.25, 0.3) is 0 Å². The van der Waals surface area contributed by atoms with E-state index in [1.54, 1.807) is 6.20 Å². The first-order valence-corrected chi connectivity index (χ1v) is 7.63. The largest absolute Gasteiger partial charge is 0.354 e. The van der Waals surface area contributed by atoms with Crippen LogP contribution in [-0.4, -0.2) is 34.9 Å². The molecule has 108 valence electrons. The molecule has 0 aliphatic heterocycles. The summed E-state index contributed by atoms with van der Waals surface area (Å²) in [6.45, 7) is 2.90. The number of sulfonamides is 1. The number of rotatable bonds is 7. The maximum absolute atomic E-state index is 12.0. The first-order chi connectivity index (χ1) is 9.62. The van der Waals surface area contributed by atoms with Crippen LogP contribution in [-0.2, 0) is 16.6 Å². The van der Waals surface area contributed by atoms with Crippen molar-refractivity contribution in [1.29, 1.82) is 0 Å². The molecule has 2 aromatic heterocycles. The van der Waals surface area contributed by atoms with Crippen molar-refractivity contribution in [3.05, 3.63) is 30.6 Å². The van der Waals surface area contributed by atoms with Crippen molar-refractivity contribution < 1.29 is 8.42 Å². The Hall–Kier alpha value is -2.00. The molecule has 0 atom stereocenters. The highest BCUT2D eigenvalue weighted by Crippen LogP contribution is 2.08. The van der Waals surface area contributed by atoms with Crippen LogP contribution >= 0.6 is 0 Å². The minimum Gasteiger partial charge on any atom is -0.354 e. The molecule has 3 N–H and O–H groups in total. The normalized spacial score (nSPS) is 11.4. The molecule has 2 aromatic rings. The van der Waals surface area contributed by atoms with Crippen molar-refractivity contribution in [1.82, 2.24) is 24.7 Å². The highest BCUT2D eigenvalue weighted by molar-refractivity contribution is 7.89. The highest BCUT2D eigenvalue weighted by Gasteiger charge is 2.15. The lowest BCUT2D eigenvalue weighted by Crippen LogP contribution is -2.23. The van der Waals surface area contributed by atoms with Crippen LogP contribution in [0, 0.1) is 0 Å². The molecule has 0 bridgehead atoms. The Kier molecular flexibility index (Phi) is 4.64. The third-order valence-electron chi connectivity index (χ3n) is 2.48. The lowest BCUT2D eigenvalue weighted by molar-refractivity contribution is 0.579. The first-order valence-electron chi connectivity index (χ1n) is 6.14. The van der Waals surface area contributed by atoms with E-state index in [1.807, 2.05) is 6.92 Å². The first kappa shape index (κ1) is 14.4. The molecule has 0 amide bonds. The van der Waals surface area contributed by atoms with Crippen molar-refractivity contribution in [3.8, 4) is 0 Å². The van der Waals surface area contributed by atoms with Gasteiger partial charge in [-0.05, 0) is 6.42 Å². The summed E-state index contributed by atoms with van der Waals surface area (Å²) in [5.74, 6) is 0.416. The number of nitrogens with one attached hydrogen (secondary N) is 3. The molecule has 0 saturated heterocycles. The molecule has 0 spiro atoms. The smallest absolute Gasteiger partial charge is 0.243 e. The van der Waals surface area contributed by atoms with E-state index in [2.05, 4.69) is 30.0 Å². The summed E-state index contributed by atoms with van der Waals surface area (Å²) in [5, 5.41) is 2.98. The Bertz CT molecular complexity index is 623. The van der Waals surface area contributed by atoms with Crippen LogP contribution in [0.15, 0.2) is 29.8 Å². The van der Waals surface area contributed by atoms with Crippen LogP contribution in [0.3, 0.4) is 0 Å². The number of aromatic nitrogens is 4. The van der Waals surface area contributed by atoms with Gasteiger partial charge < -0.3 is 10.3 Å². The van der Waals surface area contributed by atoms with E-state index in [0.717, 1.165) is 13.0 Å². The molecule has 2 heterocycles. The third-order valence-corrected chi connectivity index (χ3v) is 3.83.